The lowest BCUT2D eigenvalue weighted by atomic mass is 9.99. The van der Waals surface area contributed by atoms with Crippen molar-refractivity contribution in [3.8, 4) is 0 Å². The van der Waals surface area contributed by atoms with Gasteiger partial charge in [0.05, 0.1) is 0 Å². The monoisotopic (exact) mass is 1070 g/mol. The van der Waals surface area contributed by atoms with Crippen molar-refractivity contribution in [1.82, 2.24) is 0 Å². The predicted molar refractivity (Wildman–Crippen MR) is 330 cm³/mol. The van der Waals surface area contributed by atoms with E-state index in [1.165, 1.54) is 289 Å². The number of carbonyl (C=O) groups is 3. The number of unbranched alkanes of at least 4 members (excludes halogenated alkanes) is 47. The topological polar surface area (TPSA) is 78.9 Å². The van der Waals surface area contributed by atoms with Crippen LogP contribution in [0.15, 0.2) is 0 Å². The summed E-state index contributed by atoms with van der Waals surface area (Å²) >= 11 is 0. The Morgan fingerprint density at radius 2 is 0.461 bits per heavy atom. The van der Waals surface area contributed by atoms with Crippen molar-refractivity contribution in [3.05, 3.63) is 0 Å². The van der Waals surface area contributed by atoms with Gasteiger partial charge in [0.1, 0.15) is 13.2 Å². The standard InChI is InChI=1S/C70H136O6/c1-6-9-10-11-12-13-14-15-16-17-21-24-30-35-40-45-50-55-60-68(71)74-63-67(64-75-69(72)61-56-51-46-41-36-31-27-26-29-34-39-44-49-54-59-66(5)8-3)76-70(73)62-57-52-47-42-37-32-25-22-19-18-20-23-28-33-38-43-48-53-58-65(4)7-2/h65-67H,6-64H2,1-5H3/t65?,66?,67-/m0/s1. The van der Waals surface area contributed by atoms with Crippen molar-refractivity contribution < 1.29 is 28.6 Å². The number of carbonyl (C=O) groups excluding carboxylic acids is 3. The van der Waals surface area contributed by atoms with Crippen LogP contribution in [-0.4, -0.2) is 37.2 Å². The van der Waals surface area contributed by atoms with Crippen LogP contribution in [0.1, 0.15) is 401 Å². The van der Waals surface area contributed by atoms with E-state index in [9.17, 15) is 14.4 Å². The van der Waals surface area contributed by atoms with Gasteiger partial charge in [0.2, 0.25) is 0 Å². The van der Waals surface area contributed by atoms with E-state index in [-0.39, 0.29) is 31.1 Å². The number of ether oxygens (including phenoxy) is 3. The third kappa shape index (κ3) is 60.1. The Kier molecular flexibility index (Phi) is 61.3. The highest BCUT2D eigenvalue weighted by Gasteiger charge is 2.20. The Labute approximate surface area is 476 Å². The highest BCUT2D eigenvalue weighted by atomic mass is 16.6. The second kappa shape index (κ2) is 62.6. The van der Waals surface area contributed by atoms with Gasteiger partial charge in [0.25, 0.3) is 0 Å². The fourth-order valence-electron chi connectivity index (χ4n) is 10.9. The molecule has 0 aliphatic heterocycles. The molecular formula is C70H136O6. The van der Waals surface area contributed by atoms with E-state index in [0.29, 0.717) is 19.3 Å². The van der Waals surface area contributed by atoms with Crippen LogP contribution in [0, 0.1) is 11.8 Å². The van der Waals surface area contributed by atoms with Gasteiger partial charge < -0.3 is 14.2 Å². The molecular weight excluding hydrogens is 937 g/mol. The van der Waals surface area contributed by atoms with E-state index >= 15 is 0 Å². The molecule has 0 N–H and O–H groups in total. The summed E-state index contributed by atoms with van der Waals surface area (Å²) < 4.78 is 17.0. The smallest absolute Gasteiger partial charge is 0.306 e. The summed E-state index contributed by atoms with van der Waals surface area (Å²) in [6.07, 6.45) is 71.0. The summed E-state index contributed by atoms with van der Waals surface area (Å²) in [5.41, 5.74) is 0. The van der Waals surface area contributed by atoms with Gasteiger partial charge >= 0.3 is 17.9 Å². The number of hydrogen-bond donors (Lipinski definition) is 0. The molecule has 0 fully saturated rings. The quantitative estimate of drug-likeness (QED) is 0.0343. The summed E-state index contributed by atoms with van der Waals surface area (Å²) in [5, 5.41) is 0. The molecule has 6 nitrogen and oxygen atoms in total. The first-order valence-corrected chi connectivity index (χ1v) is 34.8. The molecule has 0 aliphatic carbocycles. The third-order valence-corrected chi connectivity index (χ3v) is 16.9. The zero-order chi connectivity index (χ0) is 55.3. The van der Waals surface area contributed by atoms with Gasteiger partial charge in [-0.3, -0.25) is 14.4 Å². The van der Waals surface area contributed by atoms with Crippen LogP contribution in [0.2, 0.25) is 0 Å². The number of rotatable bonds is 64. The van der Waals surface area contributed by atoms with Gasteiger partial charge in [-0.25, -0.2) is 0 Å². The minimum atomic E-state index is -0.765. The maximum atomic E-state index is 13.0. The summed E-state index contributed by atoms with van der Waals surface area (Å²) in [5.74, 6) is 0.980. The van der Waals surface area contributed by atoms with Crippen LogP contribution in [0.5, 0.6) is 0 Å². The van der Waals surface area contributed by atoms with Crippen molar-refractivity contribution in [1.29, 1.82) is 0 Å². The first-order chi connectivity index (χ1) is 37.3. The van der Waals surface area contributed by atoms with E-state index in [0.717, 1.165) is 69.6 Å². The molecule has 3 atom stereocenters. The first-order valence-electron chi connectivity index (χ1n) is 34.8. The van der Waals surface area contributed by atoms with Gasteiger partial charge in [-0.2, -0.15) is 0 Å². The zero-order valence-corrected chi connectivity index (χ0v) is 52.4. The summed E-state index contributed by atoms with van der Waals surface area (Å²) in [7, 11) is 0. The lowest BCUT2D eigenvalue weighted by Gasteiger charge is -2.18. The fraction of sp³-hybridized carbons (Fsp3) is 0.957. The van der Waals surface area contributed by atoms with Crippen LogP contribution in [-0.2, 0) is 28.6 Å². The summed E-state index contributed by atoms with van der Waals surface area (Å²) in [4.78, 5) is 38.4. The molecule has 0 radical (unpaired) electrons. The molecule has 452 valence electrons. The van der Waals surface area contributed by atoms with Crippen molar-refractivity contribution in [2.75, 3.05) is 13.2 Å². The minimum Gasteiger partial charge on any atom is -0.462 e. The summed E-state index contributed by atoms with van der Waals surface area (Å²) in [6, 6.07) is 0. The van der Waals surface area contributed by atoms with Crippen molar-refractivity contribution >= 4 is 17.9 Å². The predicted octanol–water partition coefficient (Wildman–Crippen LogP) is 23.6. The van der Waals surface area contributed by atoms with E-state index in [1.54, 1.807) is 0 Å². The molecule has 76 heavy (non-hydrogen) atoms. The molecule has 0 heterocycles. The first kappa shape index (κ1) is 74.4. The second-order valence-corrected chi connectivity index (χ2v) is 24.7. The molecule has 0 aromatic rings. The Morgan fingerprint density at radius 1 is 0.263 bits per heavy atom. The minimum absolute atomic E-state index is 0.0613. The fourth-order valence-corrected chi connectivity index (χ4v) is 10.9. The van der Waals surface area contributed by atoms with Crippen molar-refractivity contribution in [2.24, 2.45) is 11.8 Å². The van der Waals surface area contributed by atoms with Gasteiger partial charge in [-0.15, -0.1) is 0 Å². The third-order valence-electron chi connectivity index (χ3n) is 16.9. The van der Waals surface area contributed by atoms with Crippen LogP contribution >= 0.6 is 0 Å². The van der Waals surface area contributed by atoms with Crippen LogP contribution in [0.25, 0.3) is 0 Å². The molecule has 6 heteroatoms. The summed E-state index contributed by atoms with van der Waals surface area (Å²) in [6.45, 7) is 11.5. The molecule has 0 saturated heterocycles. The van der Waals surface area contributed by atoms with E-state index in [1.807, 2.05) is 0 Å². The lowest BCUT2D eigenvalue weighted by Crippen LogP contribution is -2.30. The van der Waals surface area contributed by atoms with Crippen LogP contribution in [0.4, 0.5) is 0 Å². The highest BCUT2D eigenvalue weighted by Crippen LogP contribution is 2.20. The van der Waals surface area contributed by atoms with Crippen molar-refractivity contribution in [2.45, 2.75) is 407 Å². The Bertz CT molecular complexity index is 1170. The molecule has 0 aromatic heterocycles. The van der Waals surface area contributed by atoms with Gasteiger partial charge in [0.15, 0.2) is 6.10 Å². The molecule has 0 saturated carbocycles. The Morgan fingerprint density at radius 3 is 0.684 bits per heavy atom. The van der Waals surface area contributed by atoms with Gasteiger partial charge in [-0.05, 0) is 31.1 Å². The lowest BCUT2D eigenvalue weighted by molar-refractivity contribution is -0.167. The molecule has 0 bridgehead atoms. The number of esters is 3. The van der Waals surface area contributed by atoms with Crippen LogP contribution in [0.3, 0.4) is 0 Å². The SMILES string of the molecule is CCCCCCCCCCCCCCCCCCCCC(=O)OC[C@@H](COC(=O)CCCCCCCCCCCCCCCCC(C)CC)OC(=O)CCCCCCCCCCCCCCCCCCCCC(C)CC. The van der Waals surface area contributed by atoms with E-state index in [4.69, 9.17) is 14.2 Å². The zero-order valence-electron chi connectivity index (χ0n) is 52.4. The van der Waals surface area contributed by atoms with Crippen molar-refractivity contribution in [3.63, 3.8) is 0 Å². The molecule has 0 spiro atoms. The van der Waals surface area contributed by atoms with Crippen LogP contribution < -0.4 is 0 Å². The van der Waals surface area contributed by atoms with E-state index in [2.05, 4.69) is 34.6 Å². The molecule has 0 aromatic carbocycles. The highest BCUT2D eigenvalue weighted by molar-refractivity contribution is 5.71. The molecule has 0 amide bonds. The Balaban J connectivity index is 4.28. The maximum absolute atomic E-state index is 13.0. The largest absolute Gasteiger partial charge is 0.462 e. The molecule has 0 aliphatic rings. The molecule has 0 rings (SSSR count). The van der Waals surface area contributed by atoms with Gasteiger partial charge in [0, 0.05) is 19.3 Å². The van der Waals surface area contributed by atoms with E-state index < -0.39 is 6.10 Å². The Hall–Kier alpha value is -1.59. The average molecular weight is 1070 g/mol. The number of hydrogen-bond acceptors (Lipinski definition) is 6. The maximum Gasteiger partial charge on any atom is 0.306 e. The second-order valence-electron chi connectivity index (χ2n) is 24.7. The average Bonchev–Trinajstić information content (AvgIpc) is 3.42. The molecule has 2 unspecified atom stereocenters. The van der Waals surface area contributed by atoms with Gasteiger partial charge in [-0.1, -0.05) is 362 Å². The normalized spacial score (nSPS) is 12.8.